The molecule has 7 rings (SSSR count). The lowest BCUT2D eigenvalue weighted by Gasteiger charge is -2.66. The van der Waals surface area contributed by atoms with Crippen molar-refractivity contribution in [3.63, 3.8) is 0 Å². The molecule has 0 radical (unpaired) electrons. The molecule has 4 aliphatic heterocycles. The first-order valence-corrected chi connectivity index (χ1v) is 9.96. The fraction of sp³-hybridized carbons (Fsp3) is 0.850. The molecule has 2 bridgehead atoms. The third-order valence-electron chi connectivity index (χ3n) is 9.27. The van der Waals surface area contributed by atoms with Crippen LogP contribution in [0.3, 0.4) is 0 Å². The molecule has 0 aromatic rings. The van der Waals surface area contributed by atoms with Crippen molar-refractivity contribution in [1.82, 2.24) is 0 Å². The lowest BCUT2D eigenvalue weighted by atomic mass is 9.41. The molecule has 0 aromatic carbocycles. The molecule has 9 atom stereocenters. The van der Waals surface area contributed by atoms with Crippen LogP contribution in [0.4, 0.5) is 0 Å². The van der Waals surface area contributed by atoms with Crippen molar-refractivity contribution < 1.29 is 34.3 Å². The number of hydrogen-bond donors (Lipinski definition) is 3. The summed E-state index contributed by atoms with van der Waals surface area (Å²) in [5.41, 5.74) is -1.54. The number of aliphatic hydroxyl groups excluding tert-OH is 1. The monoisotopic (exact) mass is 378 g/mol. The quantitative estimate of drug-likeness (QED) is 0.416. The summed E-state index contributed by atoms with van der Waals surface area (Å²) in [6.45, 7) is 4.07. The minimum atomic E-state index is -1.56. The molecule has 3 N–H and O–H groups in total. The number of rotatable bonds is 0. The van der Waals surface area contributed by atoms with Crippen LogP contribution >= 0.6 is 0 Å². The lowest BCUT2D eigenvalue weighted by Crippen LogP contribution is -2.73. The van der Waals surface area contributed by atoms with E-state index in [2.05, 4.69) is 0 Å². The van der Waals surface area contributed by atoms with E-state index in [4.69, 9.17) is 14.2 Å². The van der Waals surface area contributed by atoms with E-state index >= 15 is 0 Å². The van der Waals surface area contributed by atoms with Gasteiger partial charge in [0.15, 0.2) is 11.6 Å². The molecular weight excluding hydrogens is 352 g/mol. The van der Waals surface area contributed by atoms with Gasteiger partial charge in [0.05, 0.1) is 24.7 Å². The van der Waals surface area contributed by atoms with Gasteiger partial charge in [0.25, 0.3) is 0 Å². The van der Waals surface area contributed by atoms with Gasteiger partial charge in [-0.05, 0) is 43.8 Å². The number of ether oxygens (including phenoxy) is 3. The van der Waals surface area contributed by atoms with Crippen molar-refractivity contribution in [1.29, 1.82) is 0 Å². The van der Waals surface area contributed by atoms with E-state index in [0.717, 1.165) is 12.0 Å². The Hall–Kier alpha value is -0.990. The van der Waals surface area contributed by atoms with Crippen LogP contribution in [0.15, 0.2) is 11.6 Å². The molecule has 7 nitrogen and oxygen atoms in total. The Bertz CT molecular complexity index is 783. The zero-order valence-electron chi connectivity index (χ0n) is 15.6. The van der Waals surface area contributed by atoms with Gasteiger partial charge in [0, 0.05) is 17.8 Å². The summed E-state index contributed by atoms with van der Waals surface area (Å²) in [6.07, 6.45) is 3.09. The highest BCUT2D eigenvalue weighted by Gasteiger charge is 2.80. The van der Waals surface area contributed by atoms with E-state index in [9.17, 15) is 20.1 Å². The third-order valence-corrected chi connectivity index (χ3v) is 9.27. The first kappa shape index (κ1) is 16.9. The summed E-state index contributed by atoms with van der Waals surface area (Å²) in [7, 11) is 0. The van der Waals surface area contributed by atoms with Crippen molar-refractivity contribution in [2.75, 3.05) is 13.2 Å². The lowest BCUT2D eigenvalue weighted by molar-refractivity contribution is -0.370. The van der Waals surface area contributed by atoms with Gasteiger partial charge in [-0.3, -0.25) is 4.79 Å². The van der Waals surface area contributed by atoms with Crippen LogP contribution in [0.2, 0.25) is 0 Å². The van der Waals surface area contributed by atoms with Crippen LogP contribution in [-0.2, 0) is 19.0 Å². The van der Waals surface area contributed by atoms with Gasteiger partial charge >= 0.3 is 5.97 Å². The second-order valence-electron chi connectivity index (χ2n) is 9.96. The Morgan fingerprint density at radius 1 is 1.15 bits per heavy atom. The zero-order chi connectivity index (χ0) is 19.0. The van der Waals surface area contributed by atoms with Gasteiger partial charge in [-0.2, -0.15) is 0 Å². The van der Waals surface area contributed by atoms with E-state index in [0.29, 0.717) is 25.9 Å². The predicted molar refractivity (Wildman–Crippen MR) is 89.9 cm³/mol. The maximum Gasteiger partial charge on any atom is 0.318 e. The van der Waals surface area contributed by atoms with E-state index in [-0.39, 0.29) is 23.9 Å². The largest absolute Gasteiger partial charge is 0.457 e. The van der Waals surface area contributed by atoms with Gasteiger partial charge in [0.1, 0.15) is 11.5 Å². The first-order chi connectivity index (χ1) is 12.6. The Labute approximate surface area is 157 Å². The van der Waals surface area contributed by atoms with Gasteiger partial charge < -0.3 is 29.5 Å². The molecule has 7 aliphatic rings. The smallest absolute Gasteiger partial charge is 0.318 e. The molecule has 4 heterocycles. The normalized spacial score (nSPS) is 63.1. The molecule has 0 amide bonds. The minimum Gasteiger partial charge on any atom is -0.457 e. The molecule has 0 aromatic heterocycles. The fourth-order valence-corrected chi connectivity index (χ4v) is 7.51. The van der Waals surface area contributed by atoms with E-state index in [1.165, 1.54) is 0 Å². The molecule has 1 spiro atoms. The van der Waals surface area contributed by atoms with Crippen LogP contribution in [0, 0.1) is 28.1 Å². The van der Waals surface area contributed by atoms with Gasteiger partial charge in [-0.25, -0.2) is 0 Å². The van der Waals surface area contributed by atoms with Crippen molar-refractivity contribution in [2.24, 2.45) is 28.1 Å². The van der Waals surface area contributed by atoms with Crippen molar-refractivity contribution in [3.05, 3.63) is 11.6 Å². The SMILES string of the molecule is C[C@@]12CC[C@@H]3C(=CC4OC(=O)[C@]5(C)C4C34CC[C@]5(O)OC4)[C@]1(O)OC[C@H]2O. The van der Waals surface area contributed by atoms with E-state index in [1.807, 2.05) is 13.0 Å². The molecule has 6 fully saturated rings. The molecule has 148 valence electrons. The van der Waals surface area contributed by atoms with Crippen molar-refractivity contribution in [2.45, 2.75) is 63.3 Å². The second-order valence-corrected chi connectivity index (χ2v) is 9.96. The molecule has 3 unspecified atom stereocenters. The zero-order valence-corrected chi connectivity index (χ0v) is 15.6. The number of carbonyl (C=O) groups is 1. The molecule has 7 heteroatoms. The highest BCUT2D eigenvalue weighted by Crippen LogP contribution is 2.73. The van der Waals surface area contributed by atoms with Gasteiger partial charge in [-0.15, -0.1) is 0 Å². The number of fused-ring (bicyclic) bond motifs is 5. The third kappa shape index (κ3) is 1.47. The molecule has 27 heavy (non-hydrogen) atoms. The summed E-state index contributed by atoms with van der Waals surface area (Å²) in [6, 6.07) is 0. The topological polar surface area (TPSA) is 105 Å². The second kappa shape index (κ2) is 4.44. The van der Waals surface area contributed by atoms with Crippen LogP contribution in [0.25, 0.3) is 0 Å². The van der Waals surface area contributed by atoms with Gasteiger partial charge in [0.2, 0.25) is 0 Å². The summed E-state index contributed by atoms with van der Waals surface area (Å²) >= 11 is 0. The number of hydrogen-bond acceptors (Lipinski definition) is 7. The summed E-state index contributed by atoms with van der Waals surface area (Å²) in [4.78, 5) is 12.9. The van der Waals surface area contributed by atoms with Crippen LogP contribution in [0.1, 0.15) is 39.5 Å². The Kier molecular flexibility index (Phi) is 2.78. The maximum atomic E-state index is 12.9. The summed E-state index contributed by atoms with van der Waals surface area (Å²) in [5, 5.41) is 33.2. The number of esters is 1. The van der Waals surface area contributed by atoms with Gasteiger partial charge in [-0.1, -0.05) is 6.92 Å². The van der Waals surface area contributed by atoms with Crippen molar-refractivity contribution in [3.8, 4) is 0 Å². The van der Waals surface area contributed by atoms with E-state index in [1.54, 1.807) is 6.92 Å². The summed E-state index contributed by atoms with van der Waals surface area (Å²) < 4.78 is 17.5. The fourth-order valence-electron chi connectivity index (χ4n) is 7.51. The molecule has 2 saturated carbocycles. The minimum absolute atomic E-state index is 0.0270. The molecule has 3 aliphatic carbocycles. The Morgan fingerprint density at radius 3 is 2.63 bits per heavy atom. The molecular formula is C20H26O7. The van der Waals surface area contributed by atoms with Crippen LogP contribution in [-0.4, -0.2) is 58.3 Å². The Morgan fingerprint density at radius 2 is 1.93 bits per heavy atom. The molecule has 4 saturated heterocycles. The van der Waals surface area contributed by atoms with Crippen molar-refractivity contribution >= 4 is 5.97 Å². The average molecular weight is 378 g/mol. The Balaban J connectivity index is 1.57. The average Bonchev–Trinajstić information content (AvgIpc) is 3.05. The summed E-state index contributed by atoms with van der Waals surface area (Å²) in [5.74, 6) is -3.69. The number of aliphatic hydroxyl groups is 3. The standard InChI is InChI=1S/C20H26O7/c1-16-4-3-10-11(20(16,24)25-8-13(16)21)7-12-14-17(2,15(22)27-12)19(23)6-5-18(10,14)9-26-19/h7,10,12-14,21,23-24H,3-6,8-9H2,1-2H3/t10-,12?,13-,14?,16+,17+,18?,19+,20+/m1/s1. The number of carbonyl (C=O) groups excluding carboxylic acids is 1. The highest BCUT2D eigenvalue weighted by atomic mass is 16.6. The highest BCUT2D eigenvalue weighted by molar-refractivity contribution is 5.82. The maximum absolute atomic E-state index is 12.9. The van der Waals surface area contributed by atoms with E-state index < -0.39 is 40.6 Å². The van der Waals surface area contributed by atoms with Crippen LogP contribution in [0.5, 0.6) is 0 Å². The van der Waals surface area contributed by atoms with Crippen LogP contribution < -0.4 is 0 Å². The first-order valence-electron chi connectivity index (χ1n) is 9.96. The predicted octanol–water partition coefficient (Wildman–Crippen LogP) is 0.469.